The molecule has 5 rings (SSSR count). The number of piperidine rings is 1. The second kappa shape index (κ2) is 13.5. The number of anilines is 2. The molecule has 0 saturated carbocycles. The fraction of sp³-hybridized carbons (Fsp3) is 0.448. The number of alkyl halides is 6. The van der Waals surface area contributed by atoms with E-state index >= 15 is 0 Å². The van der Waals surface area contributed by atoms with Crippen LogP contribution < -0.4 is 9.80 Å². The minimum Gasteiger partial charge on any atom is -0.483 e. The Morgan fingerprint density at radius 2 is 1.63 bits per heavy atom. The first-order valence-electron chi connectivity index (χ1n) is 13.7. The maximum atomic E-state index is 13.8. The van der Waals surface area contributed by atoms with Gasteiger partial charge in [-0.2, -0.15) is 31.4 Å². The Morgan fingerprint density at radius 1 is 0.977 bits per heavy atom. The van der Waals surface area contributed by atoms with Crippen LogP contribution in [0, 0.1) is 6.92 Å². The normalized spacial score (nSPS) is 18.3. The molecule has 7 nitrogen and oxygen atoms in total. The largest absolute Gasteiger partial charge is 0.483 e. The van der Waals surface area contributed by atoms with Gasteiger partial charge in [0.2, 0.25) is 0 Å². The van der Waals surface area contributed by atoms with Gasteiger partial charge in [0.1, 0.15) is 5.69 Å². The maximum Gasteiger partial charge on any atom is 0.433 e. The zero-order chi connectivity index (χ0) is 31.4. The van der Waals surface area contributed by atoms with Crippen molar-refractivity contribution in [3.8, 4) is 11.1 Å². The van der Waals surface area contributed by atoms with Gasteiger partial charge >= 0.3 is 12.4 Å². The highest BCUT2D eigenvalue weighted by molar-refractivity contribution is 6.31. The lowest BCUT2D eigenvalue weighted by molar-refractivity contribution is -0.146. The fourth-order valence-corrected chi connectivity index (χ4v) is 5.90. The van der Waals surface area contributed by atoms with Crippen molar-refractivity contribution in [2.75, 3.05) is 55.6 Å². The van der Waals surface area contributed by atoms with Crippen LogP contribution in [0.25, 0.3) is 11.1 Å². The number of halogens is 7. The summed E-state index contributed by atoms with van der Waals surface area (Å²) in [5.74, 6) is 0. The number of hydrogen-bond acceptors (Lipinski definition) is 5. The first-order chi connectivity index (χ1) is 20.3. The number of benzene rings is 2. The average molecular weight is 632 g/mol. The predicted molar refractivity (Wildman–Crippen MR) is 153 cm³/mol. The lowest BCUT2D eigenvalue weighted by Gasteiger charge is -2.37. The lowest BCUT2D eigenvalue weighted by atomic mass is 9.99. The van der Waals surface area contributed by atoms with Crippen molar-refractivity contribution in [2.24, 2.45) is 0 Å². The van der Waals surface area contributed by atoms with E-state index in [0.29, 0.717) is 57.1 Å². The Morgan fingerprint density at radius 3 is 2.23 bits per heavy atom. The first-order valence-corrected chi connectivity index (χ1v) is 14.1. The van der Waals surface area contributed by atoms with Crippen LogP contribution in [0.5, 0.6) is 0 Å². The van der Waals surface area contributed by atoms with Gasteiger partial charge in [-0.15, -0.1) is 0 Å². The van der Waals surface area contributed by atoms with E-state index in [1.54, 1.807) is 6.07 Å². The number of rotatable bonds is 5. The second-order valence-corrected chi connectivity index (χ2v) is 11.0. The van der Waals surface area contributed by atoms with Gasteiger partial charge in [0.25, 0.3) is 6.47 Å². The molecule has 1 unspecified atom stereocenters. The van der Waals surface area contributed by atoms with Crippen molar-refractivity contribution in [3.63, 3.8) is 0 Å². The molecule has 0 spiro atoms. The molecule has 2 saturated heterocycles. The Kier molecular flexibility index (Phi) is 10.2. The zero-order valence-corrected chi connectivity index (χ0v) is 24.1. The van der Waals surface area contributed by atoms with Crippen LogP contribution in [0.15, 0.2) is 48.7 Å². The molecule has 0 amide bonds. The van der Waals surface area contributed by atoms with Gasteiger partial charge in [-0.1, -0.05) is 29.8 Å². The van der Waals surface area contributed by atoms with Gasteiger partial charge in [0, 0.05) is 61.2 Å². The maximum absolute atomic E-state index is 13.8. The number of aromatic nitrogens is 2. The van der Waals surface area contributed by atoms with E-state index in [4.69, 9.17) is 21.5 Å². The quantitative estimate of drug-likeness (QED) is 0.248. The molecule has 2 aromatic carbocycles. The summed E-state index contributed by atoms with van der Waals surface area (Å²) >= 11 is 6.37. The molecule has 234 valence electrons. The summed E-state index contributed by atoms with van der Waals surface area (Å²) in [4.78, 5) is 13.9. The number of piperazine rings is 1. The summed E-state index contributed by atoms with van der Waals surface area (Å²) in [7, 11) is 0. The number of hydrogen-bond donors (Lipinski definition) is 1. The molecule has 1 aromatic heterocycles. The summed E-state index contributed by atoms with van der Waals surface area (Å²) < 4.78 is 80.6. The van der Waals surface area contributed by atoms with Gasteiger partial charge in [-0.3, -0.25) is 14.4 Å². The third-order valence-electron chi connectivity index (χ3n) is 7.61. The van der Waals surface area contributed by atoms with Gasteiger partial charge in [0.05, 0.1) is 18.8 Å². The molecule has 0 radical (unpaired) electrons. The molecule has 1 N–H and O–H groups in total. The molecule has 43 heavy (non-hydrogen) atoms. The Labute approximate surface area is 250 Å². The van der Waals surface area contributed by atoms with E-state index in [9.17, 15) is 26.3 Å². The van der Waals surface area contributed by atoms with Crippen LogP contribution in [0.2, 0.25) is 5.02 Å². The summed E-state index contributed by atoms with van der Waals surface area (Å²) in [5.41, 5.74) is 2.98. The Balaban J connectivity index is 0.00000135. The van der Waals surface area contributed by atoms with Gasteiger partial charge in [0.15, 0.2) is 0 Å². The third-order valence-corrected chi connectivity index (χ3v) is 7.84. The number of carboxylic acid groups (broad SMARTS) is 1. The summed E-state index contributed by atoms with van der Waals surface area (Å²) in [6.07, 6.45) is -6.14. The van der Waals surface area contributed by atoms with E-state index in [1.807, 2.05) is 36.4 Å². The predicted octanol–water partition coefficient (Wildman–Crippen LogP) is 6.76. The first kappa shape index (κ1) is 32.5. The third kappa shape index (κ3) is 8.14. The van der Waals surface area contributed by atoms with Crippen LogP contribution in [0.1, 0.15) is 30.1 Å². The van der Waals surface area contributed by atoms with E-state index in [1.165, 1.54) is 18.0 Å². The van der Waals surface area contributed by atoms with Crippen molar-refractivity contribution in [2.45, 2.75) is 38.2 Å². The molecular formula is C29H32ClF6N5O2. The number of aryl methyl sites for hydroxylation is 1. The van der Waals surface area contributed by atoms with E-state index in [2.05, 4.69) is 14.9 Å². The number of carbonyl (C=O) groups is 1. The van der Waals surface area contributed by atoms with Crippen LogP contribution in [0.3, 0.4) is 0 Å². The van der Waals surface area contributed by atoms with E-state index in [0.717, 1.165) is 27.2 Å². The summed E-state index contributed by atoms with van der Waals surface area (Å²) in [6.45, 7) is 2.99. The molecule has 1 atom stereocenters. The molecule has 0 aliphatic carbocycles. The van der Waals surface area contributed by atoms with Crippen LogP contribution in [0.4, 0.5) is 37.7 Å². The van der Waals surface area contributed by atoms with Crippen molar-refractivity contribution in [1.29, 1.82) is 0 Å². The van der Waals surface area contributed by atoms with E-state index < -0.39 is 30.6 Å². The number of nitrogens with zero attached hydrogens (tertiary/aromatic N) is 5. The molecule has 3 aromatic rings. The molecule has 2 aliphatic rings. The van der Waals surface area contributed by atoms with Gasteiger partial charge < -0.3 is 14.9 Å². The SMILES string of the molecule is Cc1cnn(C2CCCN(c3cc(Cl)ccc3-c3ccc(N4CCN(CC(F)(F)F)CC4)cc3)C2)c1C(F)(F)F.O=CO. The topological polar surface area (TPSA) is 64.8 Å². The highest BCUT2D eigenvalue weighted by Gasteiger charge is 2.39. The Hall–Kier alpha value is -3.45. The lowest BCUT2D eigenvalue weighted by Crippen LogP contribution is -2.49. The van der Waals surface area contributed by atoms with Crippen molar-refractivity contribution in [3.05, 3.63) is 64.9 Å². The fourth-order valence-electron chi connectivity index (χ4n) is 5.73. The smallest absolute Gasteiger partial charge is 0.433 e. The van der Waals surface area contributed by atoms with Crippen LogP contribution in [-0.4, -0.2) is 78.2 Å². The second-order valence-electron chi connectivity index (χ2n) is 10.6. The molecule has 2 aliphatic heterocycles. The average Bonchev–Trinajstić information content (AvgIpc) is 3.35. The minimum absolute atomic E-state index is 0.106. The molecule has 14 heteroatoms. The van der Waals surface area contributed by atoms with Crippen molar-refractivity contribution >= 4 is 29.4 Å². The standard InChI is InChI=1S/C28H30ClF6N5.CH2O2/c1-19-16-36-40(26(19)28(33,34)35)23-3-2-10-39(17-23)25-15-21(29)6-9-24(25)20-4-7-22(8-5-20)38-13-11-37(12-14-38)18-27(30,31)32;2-1-3/h4-9,15-16,23H,2-3,10-14,17-18H2,1H3;1H,(H,2,3). The van der Waals surface area contributed by atoms with Gasteiger partial charge in [-0.05, 0) is 55.2 Å². The highest BCUT2D eigenvalue weighted by atomic mass is 35.5. The van der Waals surface area contributed by atoms with Gasteiger partial charge in [-0.25, -0.2) is 0 Å². The zero-order valence-electron chi connectivity index (χ0n) is 23.4. The van der Waals surface area contributed by atoms with Crippen molar-refractivity contribution in [1.82, 2.24) is 14.7 Å². The van der Waals surface area contributed by atoms with Crippen LogP contribution in [-0.2, 0) is 11.0 Å². The monoisotopic (exact) mass is 631 g/mol. The molecule has 0 bridgehead atoms. The Bertz CT molecular complexity index is 1370. The molecule has 3 heterocycles. The summed E-state index contributed by atoms with van der Waals surface area (Å²) in [6, 6.07) is 12.9. The molecule has 2 fully saturated rings. The van der Waals surface area contributed by atoms with Crippen molar-refractivity contribution < 1.29 is 36.2 Å². The molecular weight excluding hydrogens is 600 g/mol. The highest BCUT2D eigenvalue weighted by Crippen LogP contribution is 2.39. The van der Waals surface area contributed by atoms with Crippen LogP contribution >= 0.6 is 11.6 Å². The summed E-state index contributed by atoms with van der Waals surface area (Å²) in [5, 5.41) is 11.5. The minimum atomic E-state index is -4.49. The van der Waals surface area contributed by atoms with E-state index in [-0.39, 0.29) is 12.0 Å².